The fraction of sp³-hybridized carbons (Fsp3) is 1.00. The number of hydrogen-bond acceptors (Lipinski definition) is 2. The van der Waals surface area contributed by atoms with Crippen molar-refractivity contribution >= 4 is 0 Å². The maximum Gasteiger partial charge on any atom is 0.0107 e. The molecule has 0 amide bonds. The lowest BCUT2D eigenvalue weighted by Crippen LogP contribution is -2.40. The van der Waals surface area contributed by atoms with Gasteiger partial charge in [-0.25, -0.2) is 0 Å². The molecule has 1 saturated carbocycles. The molecule has 2 unspecified atom stereocenters. The van der Waals surface area contributed by atoms with Crippen molar-refractivity contribution in [3.05, 3.63) is 0 Å². The average molecular weight is 212 g/mol. The van der Waals surface area contributed by atoms with Crippen molar-refractivity contribution in [3.63, 3.8) is 0 Å². The summed E-state index contributed by atoms with van der Waals surface area (Å²) in [6.07, 6.45) is 2.89. The van der Waals surface area contributed by atoms with Gasteiger partial charge in [0, 0.05) is 25.2 Å². The topological polar surface area (TPSA) is 15.3 Å². The number of nitrogens with one attached hydrogen (secondary N) is 1. The van der Waals surface area contributed by atoms with Crippen LogP contribution in [-0.4, -0.2) is 37.1 Å². The van der Waals surface area contributed by atoms with E-state index in [4.69, 9.17) is 0 Å². The Morgan fingerprint density at radius 2 is 1.80 bits per heavy atom. The van der Waals surface area contributed by atoms with Gasteiger partial charge in [0.25, 0.3) is 0 Å². The van der Waals surface area contributed by atoms with Crippen molar-refractivity contribution in [2.45, 2.75) is 52.6 Å². The molecule has 1 aliphatic carbocycles. The monoisotopic (exact) mass is 212 g/mol. The van der Waals surface area contributed by atoms with Gasteiger partial charge in [0.2, 0.25) is 0 Å². The van der Waals surface area contributed by atoms with E-state index in [9.17, 15) is 0 Å². The van der Waals surface area contributed by atoms with Gasteiger partial charge in [-0.1, -0.05) is 13.8 Å². The third kappa shape index (κ3) is 4.52. The van der Waals surface area contributed by atoms with Crippen LogP contribution in [0.5, 0.6) is 0 Å². The molecule has 0 radical (unpaired) electrons. The number of hydrogen-bond donors (Lipinski definition) is 1. The minimum absolute atomic E-state index is 0.634. The number of rotatable bonds is 7. The SMILES string of the molecule is CC(C)C(C)NCCN(C)C(C)C1CC1. The summed E-state index contributed by atoms with van der Waals surface area (Å²) >= 11 is 0. The molecule has 0 saturated heterocycles. The van der Waals surface area contributed by atoms with E-state index < -0.39 is 0 Å². The summed E-state index contributed by atoms with van der Waals surface area (Å²) in [6.45, 7) is 11.5. The Morgan fingerprint density at radius 1 is 1.20 bits per heavy atom. The van der Waals surface area contributed by atoms with Gasteiger partial charge < -0.3 is 10.2 Å². The van der Waals surface area contributed by atoms with Crippen LogP contribution in [0.15, 0.2) is 0 Å². The minimum Gasteiger partial charge on any atom is -0.313 e. The lowest BCUT2D eigenvalue weighted by molar-refractivity contribution is 0.229. The number of likely N-dealkylation sites (N-methyl/N-ethyl adjacent to an activating group) is 1. The van der Waals surface area contributed by atoms with Gasteiger partial charge in [-0.05, 0) is 45.6 Å². The zero-order chi connectivity index (χ0) is 11.4. The smallest absolute Gasteiger partial charge is 0.0107 e. The fourth-order valence-electron chi connectivity index (χ4n) is 1.85. The van der Waals surface area contributed by atoms with Crippen LogP contribution in [0, 0.1) is 11.8 Å². The first kappa shape index (κ1) is 13.0. The Hall–Kier alpha value is -0.0800. The summed E-state index contributed by atoms with van der Waals surface area (Å²) < 4.78 is 0. The highest BCUT2D eigenvalue weighted by molar-refractivity contribution is 4.84. The maximum absolute atomic E-state index is 3.59. The van der Waals surface area contributed by atoms with Gasteiger partial charge in [0.05, 0.1) is 0 Å². The molecule has 0 bridgehead atoms. The van der Waals surface area contributed by atoms with Crippen molar-refractivity contribution < 1.29 is 0 Å². The second-order valence-electron chi connectivity index (χ2n) is 5.55. The molecule has 1 N–H and O–H groups in total. The molecule has 90 valence electrons. The Balaban J connectivity index is 2.08. The highest BCUT2D eigenvalue weighted by Gasteiger charge is 2.30. The molecule has 1 fully saturated rings. The Kier molecular flexibility index (Phi) is 5.07. The van der Waals surface area contributed by atoms with Crippen LogP contribution >= 0.6 is 0 Å². The normalized spacial score (nSPS) is 21.0. The van der Waals surface area contributed by atoms with Crippen molar-refractivity contribution in [2.24, 2.45) is 11.8 Å². The third-order valence-electron chi connectivity index (χ3n) is 3.93. The van der Waals surface area contributed by atoms with E-state index >= 15 is 0 Å². The zero-order valence-corrected chi connectivity index (χ0v) is 11.1. The summed E-state index contributed by atoms with van der Waals surface area (Å²) in [6, 6.07) is 1.41. The van der Waals surface area contributed by atoms with Crippen molar-refractivity contribution in [3.8, 4) is 0 Å². The second kappa shape index (κ2) is 5.86. The summed E-state index contributed by atoms with van der Waals surface area (Å²) in [4.78, 5) is 2.50. The van der Waals surface area contributed by atoms with Crippen LogP contribution in [0.1, 0.15) is 40.5 Å². The van der Waals surface area contributed by atoms with Crippen molar-refractivity contribution in [1.82, 2.24) is 10.2 Å². The standard InChI is InChI=1S/C13H28N2/c1-10(2)11(3)14-8-9-15(5)12(4)13-6-7-13/h10-14H,6-9H2,1-5H3. The third-order valence-corrected chi connectivity index (χ3v) is 3.93. The lowest BCUT2D eigenvalue weighted by atomic mass is 10.1. The molecule has 1 aliphatic rings. The molecule has 2 atom stereocenters. The first-order valence-corrected chi connectivity index (χ1v) is 6.46. The van der Waals surface area contributed by atoms with Crippen LogP contribution in [0.3, 0.4) is 0 Å². The van der Waals surface area contributed by atoms with Crippen LogP contribution in [0.25, 0.3) is 0 Å². The van der Waals surface area contributed by atoms with Crippen LogP contribution in [-0.2, 0) is 0 Å². The molecule has 0 spiro atoms. The van der Waals surface area contributed by atoms with E-state index in [0.29, 0.717) is 6.04 Å². The molecule has 15 heavy (non-hydrogen) atoms. The second-order valence-corrected chi connectivity index (χ2v) is 5.55. The predicted molar refractivity (Wildman–Crippen MR) is 67.1 cm³/mol. The molecule has 0 aromatic rings. The van der Waals surface area contributed by atoms with Crippen molar-refractivity contribution in [2.75, 3.05) is 20.1 Å². The van der Waals surface area contributed by atoms with Crippen LogP contribution in [0.4, 0.5) is 0 Å². The number of nitrogens with zero attached hydrogens (tertiary/aromatic N) is 1. The van der Waals surface area contributed by atoms with Crippen LogP contribution < -0.4 is 5.32 Å². The van der Waals surface area contributed by atoms with Gasteiger partial charge in [-0.15, -0.1) is 0 Å². The van der Waals surface area contributed by atoms with Gasteiger partial charge in [-0.3, -0.25) is 0 Å². The van der Waals surface area contributed by atoms with Gasteiger partial charge in [-0.2, -0.15) is 0 Å². The minimum atomic E-state index is 0.634. The molecule has 0 heterocycles. The summed E-state index contributed by atoms with van der Waals surface area (Å²) in [5, 5.41) is 3.59. The van der Waals surface area contributed by atoms with E-state index in [1.54, 1.807) is 0 Å². The molecule has 0 aromatic heterocycles. The van der Waals surface area contributed by atoms with E-state index in [1.807, 2.05) is 0 Å². The average Bonchev–Trinajstić information content (AvgIpc) is 2.99. The van der Waals surface area contributed by atoms with E-state index in [2.05, 4.69) is 45.0 Å². The molecular weight excluding hydrogens is 184 g/mol. The zero-order valence-electron chi connectivity index (χ0n) is 11.1. The van der Waals surface area contributed by atoms with Gasteiger partial charge >= 0.3 is 0 Å². The highest BCUT2D eigenvalue weighted by Crippen LogP contribution is 2.34. The Bertz CT molecular complexity index is 175. The fourth-order valence-corrected chi connectivity index (χ4v) is 1.85. The molecule has 2 nitrogen and oxygen atoms in total. The Labute approximate surface area is 95.4 Å². The predicted octanol–water partition coefficient (Wildman–Crippen LogP) is 2.35. The Morgan fingerprint density at radius 3 is 2.27 bits per heavy atom. The summed E-state index contributed by atoms with van der Waals surface area (Å²) in [5.74, 6) is 1.72. The maximum atomic E-state index is 3.59. The van der Waals surface area contributed by atoms with E-state index in [-0.39, 0.29) is 0 Å². The molecular formula is C13H28N2. The molecule has 0 aliphatic heterocycles. The van der Waals surface area contributed by atoms with Gasteiger partial charge in [0.15, 0.2) is 0 Å². The highest BCUT2D eigenvalue weighted by atomic mass is 15.1. The molecule has 1 rings (SSSR count). The largest absolute Gasteiger partial charge is 0.313 e. The van der Waals surface area contributed by atoms with Gasteiger partial charge in [0.1, 0.15) is 0 Å². The lowest BCUT2D eigenvalue weighted by Gasteiger charge is -2.26. The molecule has 0 aromatic carbocycles. The van der Waals surface area contributed by atoms with E-state index in [0.717, 1.165) is 24.4 Å². The van der Waals surface area contributed by atoms with E-state index in [1.165, 1.54) is 19.4 Å². The first-order valence-electron chi connectivity index (χ1n) is 6.46. The van der Waals surface area contributed by atoms with Crippen molar-refractivity contribution in [1.29, 1.82) is 0 Å². The first-order chi connectivity index (χ1) is 7.02. The van der Waals surface area contributed by atoms with Crippen LogP contribution in [0.2, 0.25) is 0 Å². The summed E-state index contributed by atoms with van der Waals surface area (Å²) in [5.41, 5.74) is 0. The quantitative estimate of drug-likeness (QED) is 0.697. The summed E-state index contributed by atoms with van der Waals surface area (Å²) in [7, 11) is 2.25. The molecule has 2 heteroatoms.